The normalized spacial score (nSPS) is 12.7. The summed E-state index contributed by atoms with van der Waals surface area (Å²) in [5, 5.41) is 23.1. The first-order valence-corrected chi connectivity index (χ1v) is 27.5. The number of amides is 1. The Labute approximate surface area is 380 Å². The molecule has 1 amide bonds. The lowest BCUT2D eigenvalue weighted by Gasteiger charge is -2.20. The van der Waals surface area contributed by atoms with Crippen LogP contribution in [0.25, 0.3) is 0 Å². The number of aliphatic hydroxyl groups excluding tert-OH is 2. The molecule has 2 unspecified atom stereocenters. The van der Waals surface area contributed by atoms with Gasteiger partial charge in [0, 0.05) is 12.8 Å². The van der Waals surface area contributed by atoms with Crippen LogP contribution in [0.5, 0.6) is 0 Å². The van der Waals surface area contributed by atoms with Crippen LogP contribution < -0.4 is 5.32 Å². The topological polar surface area (TPSA) is 95.9 Å². The third-order valence-corrected chi connectivity index (χ3v) is 12.8. The van der Waals surface area contributed by atoms with Crippen LogP contribution in [0.3, 0.4) is 0 Å². The number of allylic oxidation sites excluding steroid dienone is 1. The van der Waals surface area contributed by atoms with Crippen LogP contribution in [-0.4, -0.2) is 47.4 Å². The highest BCUT2D eigenvalue weighted by molar-refractivity contribution is 5.76. The Morgan fingerprint density at radius 2 is 0.754 bits per heavy atom. The first-order chi connectivity index (χ1) is 30.0. The van der Waals surface area contributed by atoms with Gasteiger partial charge in [-0.2, -0.15) is 0 Å². The molecule has 362 valence electrons. The number of rotatable bonds is 51. The van der Waals surface area contributed by atoms with E-state index < -0.39 is 12.1 Å². The zero-order chi connectivity index (χ0) is 44.4. The number of ether oxygens (including phenoxy) is 1. The Morgan fingerprint density at radius 1 is 0.443 bits per heavy atom. The average molecular weight is 862 g/mol. The lowest BCUT2D eigenvalue weighted by Crippen LogP contribution is -2.45. The Morgan fingerprint density at radius 3 is 1.11 bits per heavy atom. The molecule has 0 saturated carbocycles. The summed E-state index contributed by atoms with van der Waals surface area (Å²) in [6.45, 7) is 4.90. The van der Waals surface area contributed by atoms with E-state index in [1.807, 2.05) is 6.08 Å². The van der Waals surface area contributed by atoms with Crippen molar-refractivity contribution in [2.75, 3.05) is 13.2 Å². The molecule has 3 N–H and O–H groups in total. The highest BCUT2D eigenvalue weighted by Gasteiger charge is 2.18. The SMILES string of the molecule is CCCCCCCCCCCCCC/C=C/C(O)C(CO)NC(=O)CCCCCCCCCCCCCCCCCCCCOC(=O)CCCCCCCCCCCCCC. The quantitative estimate of drug-likeness (QED) is 0.0322. The van der Waals surface area contributed by atoms with Crippen LogP contribution in [0.1, 0.15) is 303 Å². The molecule has 0 saturated heterocycles. The standard InChI is InChI=1S/C55H107NO5/c1-3-5-7-9-11-13-15-17-24-27-31-35-39-43-47-53(58)52(51-57)56-54(59)48-44-40-36-32-28-25-22-20-18-19-21-23-26-30-34-38-42-46-50-61-55(60)49-45-41-37-33-29-16-14-12-10-8-6-4-2/h43,47,52-53,57-58H,3-42,44-46,48-51H2,1-2H3,(H,56,59)/b47-43+. The van der Waals surface area contributed by atoms with Gasteiger partial charge in [0.05, 0.1) is 25.4 Å². The molecule has 61 heavy (non-hydrogen) atoms. The molecule has 0 bridgehead atoms. The monoisotopic (exact) mass is 862 g/mol. The van der Waals surface area contributed by atoms with Crippen molar-refractivity contribution in [1.82, 2.24) is 5.32 Å². The molecule has 0 spiro atoms. The van der Waals surface area contributed by atoms with Gasteiger partial charge in [-0.15, -0.1) is 0 Å². The van der Waals surface area contributed by atoms with Crippen molar-refractivity contribution in [1.29, 1.82) is 0 Å². The minimum absolute atomic E-state index is 0.00737. The van der Waals surface area contributed by atoms with E-state index in [1.54, 1.807) is 6.08 Å². The van der Waals surface area contributed by atoms with E-state index >= 15 is 0 Å². The third-order valence-electron chi connectivity index (χ3n) is 12.8. The lowest BCUT2D eigenvalue weighted by molar-refractivity contribution is -0.143. The third kappa shape index (κ3) is 47.9. The van der Waals surface area contributed by atoms with Gasteiger partial charge >= 0.3 is 5.97 Å². The first kappa shape index (κ1) is 59.6. The maximum atomic E-state index is 12.4. The van der Waals surface area contributed by atoms with Gasteiger partial charge in [-0.3, -0.25) is 9.59 Å². The number of aliphatic hydroxyl groups is 2. The Hall–Kier alpha value is -1.40. The molecular formula is C55H107NO5. The molecule has 0 radical (unpaired) electrons. The van der Waals surface area contributed by atoms with Crippen LogP contribution in [0, 0.1) is 0 Å². The lowest BCUT2D eigenvalue weighted by atomic mass is 10.0. The van der Waals surface area contributed by atoms with Crippen LogP contribution in [0.4, 0.5) is 0 Å². The Kier molecular flexibility index (Phi) is 50.1. The molecule has 0 aromatic carbocycles. The van der Waals surface area contributed by atoms with Crippen molar-refractivity contribution in [3.8, 4) is 0 Å². The summed E-state index contributed by atoms with van der Waals surface area (Å²) >= 11 is 0. The zero-order valence-corrected chi connectivity index (χ0v) is 41.2. The van der Waals surface area contributed by atoms with Crippen molar-refractivity contribution < 1.29 is 24.5 Å². The molecule has 0 aliphatic rings. The van der Waals surface area contributed by atoms with E-state index in [1.165, 1.54) is 238 Å². The van der Waals surface area contributed by atoms with Crippen molar-refractivity contribution in [2.24, 2.45) is 0 Å². The van der Waals surface area contributed by atoms with Gasteiger partial charge in [-0.25, -0.2) is 0 Å². The molecule has 0 fully saturated rings. The van der Waals surface area contributed by atoms with E-state index in [0.717, 1.165) is 38.5 Å². The fraction of sp³-hybridized carbons (Fsp3) is 0.927. The van der Waals surface area contributed by atoms with Crippen LogP contribution in [0.15, 0.2) is 12.2 Å². The maximum absolute atomic E-state index is 12.4. The van der Waals surface area contributed by atoms with E-state index in [4.69, 9.17) is 4.74 Å². The number of hydrogen-bond acceptors (Lipinski definition) is 5. The van der Waals surface area contributed by atoms with Gasteiger partial charge in [0.25, 0.3) is 0 Å². The molecule has 2 atom stereocenters. The fourth-order valence-electron chi connectivity index (χ4n) is 8.58. The molecule has 0 aliphatic carbocycles. The molecule has 6 nitrogen and oxygen atoms in total. The molecule has 6 heteroatoms. The van der Waals surface area contributed by atoms with E-state index in [9.17, 15) is 19.8 Å². The van der Waals surface area contributed by atoms with Crippen LogP contribution in [0.2, 0.25) is 0 Å². The van der Waals surface area contributed by atoms with Gasteiger partial charge in [0.1, 0.15) is 0 Å². The summed E-state index contributed by atoms with van der Waals surface area (Å²) in [5.74, 6) is -0.0634. The minimum Gasteiger partial charge on any atom is -0.466 e. The van der Waals surface area contributed by atoms with Crippen molar-refractivity contribution in [3.05, 3.63) is 12.2 Å². The van der Waals surface area contributed by atoms with Crippen LogP contribution >= 0.6 is 0 Å². The number of esters is 1. The van der Waals surface area contributed by atoms with Gasteiger partial charge in [-0.05, 0) is 32.1 Å². The smallest absolute Gasteiger partial charge is 0.305 e. The summed E-state index contributed by atoms with van der Waals surface area (Å²) in [4.78, 5) is 24.4. The molecular weight excluding hydrogens is 755 g/mol. The second-order valence-corrected chi connectivity index (χ2v) is 18.9. The average Bonchev–Trinajstić information content (AvgIpc) is 3.26. The first-order valence-electron chi connectivity index (χ1n) is 27.5. The van der Waals surface area contributed by atoms with Gasteiger partial charge in [-0.1, -0.05) is 270 Å². The number of carbonyl (C=O) groups is 2. The fourth-order valence-corrected chi connectivity index (χ4v) is 8.58. The summed E-state index contributed by atoms with van der Waals surface area (Å²) in [7, 11) is 0. The zero-order valence-electron chi connectivity index (χ0n) is 41.2. The Bertz CT molecular complexity index is 909. The van der Waals surface area contributed by atoms with Crippen LogP contribution in [-0.2, 0) is 14.3 Å². The van der Waals surface area contributed by atoms with Gasteiger partial charge < -0.3 is 20.3 Å². The molecule has 0 aliphatic heterocycles. The number of nitrogens with one attached hydrogen (secondary N) is 1. The molecule has 0 aromatic heterocycles. The highest BCUT2D eigenvalue weighted by Crippen LogP contribution is 2.17. The van der Waals surface area contributed by atoms with Gasteiger partial charge in [0.2, 0.25) is 5.91 Å². The van der Waals surface area contributed by atoms with Crippen molar-refractivity contribution in [3.63, 3.8) is 0 Å². The van der Waals surface area contributed by atoms with Gasteiger partial charge in [0.15, 0.2) is 0 Å². The number of hydrogen-bond donors (Lipinski definition) is 3. The van der Waals surface area contributed by atoms with E-state index in [2.05, 4.69) is 19.2 Å². The maximum Gasteiger partial charge on any atom is 0.305 e. The van der Waals surface area contributed by atoms with Crippen molar-refractivity contribution >= 4 is 11.9 Å². The number of unbranched alkanes of at least 4 members (excludes halogenated alkanes) is 40. The van der Waals surface area contributed by atoms with E-state index in [0.29, 0.717) is 19.4 Å². The largest absolute Gasteiger partial charge is 0.466 e. The van der Waals surface area contributed by atoms with Crippen molar-refractivity contribution in [2.45, 2.75) is 315 Å². The molecule has 0 rings (SSSR count). The minimum atomic E-state index is -0.845. The summed E-state index contributed by atoms with van der Waals surface area (Å²) in [5.41, 5.74) is 0. The summed E-state index contributed by atoms with van der Waals surface area (Å²) < 4.78 is 5.46. The van der Waals surface area contributed by atoms with E-state index in [-0.39, 0.29) is 18.5 Å². The highest BCUT2D eigenvalue weighted by atomic mass is 16.5. The predicted octanol–water partition coefficient (Wildman–Crippen LogP) is 16.5. The second kappa shape index (κ2) is 51.2. The summed E-state index contributed by atoms with van der Waals surface area (Å²) in [6.07, 6.45) is 59.3. The Balaban J connectivity index is 3.43. The second-order valence-electron chi connectivity index (χ2n) is 18.9. The number of carbonyl (C=O) groups excluding carboxylic acids is 2. The predicted molar refractivity (Wildman–Crippen MR) is 264 cm³/mol. The summed E-state index contributed by atoms with van der Waals surface area (Å²) in [6, 6.07) is -0.629. The molecule has 0 aromatic rings. The molecule has 0 heterocycles.